The summed E-state index contributed by atoms with van der Waals surface area (Å²) in [6, 6.07) is -0.787. The van der Waals surface area contributed by atoms with Crippen LogP contribution in [-0.4, -0.2) is 25.1 Å². The number of hydrogen-bond acceptors (Lipinski definition) is 3. The minimum Gasteiger partial charge on any atom is -0.480 e. The van der Waals surface area contributed by atoms with Crippen LogP contribution in [0.5, 0.6) is 0 Å². The standard InChI is InChI=1S/C6H12I2N2O2/c7-6(8,1-2-9)3-4(10)5(11)12/h4H,1-3,9-10H2,(H,11,12)/t4-/m0/s1. The second-order valence-corrected chi connectivity index (χ2v) is 8.74. The molecule has 0 aliphatic carbocycles. The average molecular weight is 398 g/mol. The largest absolute Gasteiger partial charge is 0.480 e. The van der Waals surface area contributed by atoms with Gasteiger partial charge in [0.05, 0.1) is 1.43 Å². The van der Waals surface area contributed by atoms with Crippen LogP contribution in [0.3, 0.4) is 0 Å². The van der Waals surface area contributed by atoms with Crippen molar-refractivity contribution in [2.45, 2.75) is 20.3 Å². The zero-order valence-electron chi connectivity index (χ0n) is 6.46. The molecule has 0 aliphatic rings. The molecule has 6 heteroatoms. The van der Waals surface area contributed by atoms with Gasteiger partial charge in [-0.05, 0) is 19.4 Å². The Morgan fingerprint density at radius 1 is 1.58 bits per heavy atom. The normalized spacial score (nSPS) is 14.3. The van der Waals surface area contributed by atoms with E-state index in [9.17, 15) is 4.79 Å². The van der Waals surface area contributed by atoms with E-state index in [1.807, 2.05) is 0 Å². The van der Waals surface area contributed by atoms with Gasteiger partial charge in [-0.15, -0.1) is 0 Å². The molecule has 0 amide bonds. The number of hydrogen-bond donors (Lipinski definition) is 3. The van der Waals surface area contributed by atoms with Gasteiger partial charge in [-0.1, -0.05) is 45.2 Å². The molecule has 4 nitrogen and oxygen atoms in total. The molecule has 5 N–H and O–H groups in total. The van der Waals surface area contributed by atoms with Crippen LogP contribution in [0, 0.1) is 0 Å². The second kappa shape index (κ2) is 5.55. The Hall–Kier alpha value is 0.850. The van der Waals surface area contributed by atoms with Gasteiger partial charge in [0.25, 0.3) is 0 Å². The van der Waals surface area contributed by atoms with Crippen molar-refractivity contribution in [3.63, 3.8) is 0 Å². The number of rotatable bonds is 5. The summed E-state index contributed by atoms with van der Waals surface area (Å²) in [4.78, 5) is 10.4. The summed E-state index contributed by atoms with van der Waals surface area (Å²) in [5.74, 6) is -0.954. The third-order valence-corrected chi connectivity index (χ3v) is 3.31. The summed E-state index contributed by atoms with van der Waals surface area (Å²) in [6.07, 6.45) is 1.22. The van der Waals surface area contributed by atoms with E-state index in [1.54, 1.807) is 0 Å². The minimum atomic E-state index is -0.954. The van der Waals surface area contributed by atoms with Gasteiger partial charge in [-0.25, -0.2) is 0 Å². The Balaban J connectivity index is 3.95. The quantitative estimate of drug-likeness (QED) is 0.470. The molecule has 1 atom stereocenters. The fourth-order valence-corrected chi connectivity index (χ4v) is 2.29. The molecular formula is C6H12I2N2O2. The fourth-order valence-electron chi connectivity index (χ4n) is 0.722. The number of halogens is 2. The summed E-state index contributed by atoms with van der Waals surface area (Å²) in [7, 11) is 0. The third kappa shape index (κ3) is 5.49. The highest BCUT2D eigenvalue weighted by atomic mass is 127. The predicted octanol–water partition coefficient (Wildman–Crippen LogP) is 0.704. The predicted molar refractivity (Wildman–Crippen MR) is 64.7 cm³/mol. The molecule has 0 aromatic carbocycles. The van der Waals surface area contributed by atoms with Gasteiger partial charge in [0.15, 0.2) is 0 Å². The van der Waals surface area contributed by atoms with Crippen LogP contribution >= 0.6 is 45.2 Å². The molecular weight excluding hydrogens is 386 g/mol. The van der Waals surface area contributed by atoms with Crippen LogP contribution in [0.4, 0.5) is 0 Å². The fraction of sp³-hybridized carbons (Fsp3) is 0.833. The Morgan fingerprint density at radius 2 is 2.08 bits per heavy atom. The van der Waals surface area contributed by atoms with Crippen molar-refractivity contribution in [2.24, 2.45) is 11.5 Å². The zero-order valence-corrected chi connectivity index (χ0v) is 10.8. The SMILES string of the molecule is NCCC(I)(I)C[C@H](N)C(=O)O. The van der Waals surface area contributed by atoms with Gasteiger partial charge >= 0.3 is 5.97 Å². The van der Waals surface area contributed by atoms with Crippen molar-refractivity contribution in [3.05, 3.63) is 0 Å². The van der Waals surface area contributed by atoms with E-state index in [1.165, 1.54) is 0 Å². The molecule has 0 aliphatic heterocycles. The molecule has 0 aromatic rings. The molecule has 0 rings (SSSR count). The van der Waals surface area contributed by atoms with E-state index in [4.69, 9.17) is 16.6 Å². The number of aliphatic carboxylic acids is 1. The van der Waals surface area contributed by atoms with Gasteiger partial charge < -0.3 is 16.6 Å². The lowest BCUT2D eigenvalue weighted by Gasteiger charge is -2.21. The van der Waals surface area contributed by atoms with Gasteiger partial charge in [-0.3, -0.25) is 4.79 Å². The number of carboxylic acid groups (broad SMARTS) is 1. The van der Waals surface area contributed by atoms with Crippen LogP contribution in [0.1, 0.15) is 12.8 Å². The molecule has 12 heavy (non-hydrogen) atoms. The van der Waals surface area contributed by atoms with Crippen molar-refractivity contribution in [3.8, 4) is 0 Å². The lowest BCUT2D eigenvalue weighted by molar-refractivity contribution is -0.138. The molecule has 0 spiro atoms. The lowest BCUT2D eigenvalue weighted by Crippen LogP contribution is -2.36. The summed E-state index contributed by atoms with van der Waals surface area (Å²) in [6.45, 7) is 0.554. The molecule has 72 valence electrons. The van der Waals surface area contributed by atoms with E-state index in [0.717, 1.165) is 6.42 Å². The summed E-state index contributed by atoms with van der Waals surface area (Å²) in [5.41, 5.74) is 10.8. The molecule has 0 heterocycles. The Labute approximate surface area is 98.7 Å². The van der Waals surface area contributed by atoms with Crippen LogP contribution in [0.2, 0.25) is 0 Å². The van der Waals surface area contributed by atoms with E-state index in [2.05, 4.69) is 45.2 Å². The van der Waals surface area contributed by atoms with E-state index < -0.39 is 12.0 Å². The smallest absolute Gasteiger partial charge is 0.320 e. The van der Waals surface area contributed by atoms with E-state index in [-0.39, 0.29) is 1.43 Å². The number of carbonyl (C=O) groups is 1. The van der Waals surface area contributed by atoms with E-state index in [0.29, 0.717) is 13.0 Å². The average Bonchev–Trinajstić information content (AvgIpc) is 1.85. The summed E-state index contributed by atoms with van der Waals surface area (Å²) < 4.78 is -0.137. The number of carboxylic acids is 1. The minimum absolute atomic E-state index is 0.137. The Morgan fingerprint density at radius 3 is 2.42 bits per heavy atom. The molecule has 0 fully saturated rings. The van der Waals surface area contributed by atoms with Crippen LogP contribution in [-0.2, 0) is 4.79 Å². The first-order valence-electron chi connectivity index (χ1n) is 3.45. The zero-order chi connectivity index (χ0) is 9.78. The molecule has 0 unspecified atom stereocenters. The van der Waals surface area contributed by atoms with Crippen molar-refractivity contribution in [2.75, 3.05) is 6.54 Å². The topological polar surface area (TPSA) is 89.3 Å². The highest BCUT2D eigenvalue weighted by Crippen LogP contribution is 2.35. The third-order valence-electron chi connectivity index (χ3n) is 1.35. The van der Waals surface area contributed by atoms with Gasteiger partial charge in [0, 0.05) is 0 Å². The molecule has 0 saturated heterocycles. The van der Waals surface area contributed by atoms with Crippen LogP contribution in [0.25, 0.3) is 0 Å². The first kappa shape index (κ1) is 12.8. The van der Waals surface area contributed by atoms with Crippen LogP contribution < -0.4 is 11.5 Å². The van der Waals surface area contributed by atoms with Crippen molar-refractivity contribution in [1.29, 1.82) is 0 Å². The molecule has 0 bridgehead atoms. The monoisotopic (exact) mass is 398 g/mol. The van der Waals surface area contributed by atoms with Gasteiger partial charge in [-0.2, -0.15) is 0 Å². The second-order valence-electron chi connectivity index (χ2n) is 2.54. The lowest BCUT2D eigenvalue weighted by atomic mass is 10.1. The summed E-state index contributed by atoms with van der Waals surface area (Å²) in [5, 5.41) is 8.55. The highest BCUT2D eigenvalue weighted by molar-refractivity contribution is 14.2. The van der Waals surface area contributed by atoms with Gasteiger partial charge in [0.1, 0.15) is 6.04 Å². The van der Waals surface area contributed by atoms with Crippen molar-refractivity contribution < 1.29 is 9.90 Å². The van der Waals surface area contributed by atoms with Crippen molar-refractivity contribution >= 4 is 51.2 Å². The van der Waals surface area contributed by atoms with Crippen LogP contribution in [0.15, 0.2) is 0 Å². The molecule has 0 saturated carbocycles. The Bertz CT molecular complexity index is 164. The summed E-state index contributed by atoms with van der Waals surface area (Å²) >= 11 is 4.38. The molecule has 0 radical (unpaired) electrons. The maximum Gasteiger partial charge on any atom is 0.320 e. The van der Waals surface area contributed by atoms with E-state index >= 15 is 0 Å². The molecule has 0 aromatic heterocycles. The van der Waals surface area contributed by atoms with Gasteiger partial charge in [0.2, 0.25) is 0 Å². The first-order valence-corrected chi connectivity index (χ1v) is 5.61. The Kier molecular flexibility index (Phi) is 5.95. The van der Waals surface area contributed by atoms with Crippen molar-refractivity contribution in [1.82, 2.24) is 0 Å². The number of alkyl halides is 2. The number of nitrogens with two attached hydrogens (primary N) is 2. The first-order chi connectivity index (χ1) is 5.39. The maximum atomic E-state index is 10.4. The maximum absolute atomic E-state index is 10.4. The highest BCUT2D eigenvalue weighted by Gasteiger charge is 2.27.